The van der Waals surface area contributed by atoms with Gasteiger partial charge in [0.05, 0.1) is 5.75 Å². The van der Waals surface area contributed by atoms with Crippen LogP contribution < -0.4 is 5.32 Å². The maximum absolute atomic E-state index is 11.7. The Morgan fingerprint density at radius 1 is 1.33 bits per heavy atom. The van der Waals surface area contributed by atoms with Crippen molar-refractivity contribution in [2.45, 2.75) is 32.6 Å². The summed E-state index contributed by atoms with van der Waals surface area (Å²) in [4.78, 5) is 11.7. The van der Waals surface area contributed by atoms with Crippen molar-refractivity contribution in [2.24, 2.45) is 5.92 Å². The molecule has 0 aliphatic rings. The van der Waals surface area contributed by atoms with Crippen molar-refractivity contribution in [3.05, 3.63) is 34.9 Å². The molecule has 1 amide bonds. The lowest BCUT2D eigenvalue weighted by Gasteiger charge is -2.17. The fourth-order valence-electron chi connectivity index (χ4n) is 1.33. The summed E-state index contributed by atoms with van der Waals surface area (Å²) >= 11 is 7.64. The van der Waals surface area contributed by atoms with Crippen LogP contribution in [0.4, 0.5) is 0 Å². The molecule has 0 saturated heterocycles. The van der Waals surface area contributed by atoms with E-state index in [0.29, 0.717) is 11.7 Å². The minimum atomic E-state index is 0.0910. The van der Waals surface area contributed by atoms with Crippen LogP contribution in [0.25, 0.3) is 0 Å². The van der Waals surface area contributed by atoms with Crippen LogP contribution in [0, 0.1) is 5.92 Å². The van der Waals surface area contributed by atoms with Crippen LogP contribution in [-0.2, 0) is 10.5 Å². The van der Waals surface area contributed by atoms with Gasteiger partial charge >= 0.3 is 0 Å². The summed E-state index contributed by atoms with van der Waals surface area (Å²) in [6.45, 7) is 6.23. The van der Waals surface area contributed by atoms with Gasteiger partial charge in [-0.05, 0) is 24.5 Å². The van der Waals surface area contributed by atoms with Gasteiger partial charge in [0, 0.05) is 16.8 Å². The first kappa shape index (κ1) is 15.4. The molecule has 0 fully saturated rings. The quantitative estimate of drug-likeness (QED) is 0.863. The molecule has 0 heterocycles. The first-order valence-corrected chi connectivity index (χ1v) is 7.64. The molecule has 0 saturated carbocycles. The fraction of sp³-hybridized carbons (Fsp3) is 0.500. The third-order valence-electron chi connectivity index (χ3n) is 2.84. The van der Waals surface area contributed by atoms with Gasteiger partial charge in [0.2, 0.25) is 5.91 Å². The van der Waals surface area contributed by atoms with E-state index in [-0.39, 0.29) is 11.9 Å². The lowest BCUT2D eigenvalue weighted by molar-refractivity contribution is -0.119. The lowest BCUT2D eigenvalue weighted by Crippen LogP contribution is -2.37. The normalized spacial score (nSPS) is 12.5. The number of hydrogen-bond acceptors (Lipinski definition) is 2. The van der Waals surface area contributed by atoms with Crippen molar-refractivity contribution >= 4 is 29.3 Å². The lowest BCUT2D eigenvalue weighted by atomic mass is 10.1. The van der Waals surface area contributed by atoms with E-state index in [1.165, 1.54) is 0 Å². The summed E-state index contributed by atoms with van der Waals surface area (Å²) in [6.07, 6.45) is 0. The largest absolute Gasteiger partial charge is 0.353 e. The molecule has 0 radical (unpaired) electrons. The zero-order chi connectivity index (χ0) is 13.5. The summed E-state index contributed by atoms with van der Waals surface area (Å²) in [7, 11) is 0. The van der Waals surface area contributed by atoms with E-state index in [9.17, 15) is 4.79 Å². The third-order valence-corrected chi connectivity index (χ3v) is 4.19. The van der Waals surface area contributed by atoms with Crippen molar-refractivity contribution in [2.75, 3.05) is 5.75 Å². The number of carbonyl (C=O) groups excluding carboxylic acids is 1. The predicted molar refractivity (Wildman–Crippen MR) is 80.1 cm³/mol. The smallest absolute Gasteiger partial charge is 0.230 e. The predicted octanol–water partition coefficient (Wildman–Crippen LogP) is 3.73. The minimum Gasteiger partial charge on any atom is -0.353 e. The summed E-state index contributed by atoms with van der Waals surface area (Å²) in [5.41, 5.74) is 1.08. The number of benzene rings is 1. The molecule has 0 aliphatic carbocycles. The fourth-order valence-corrected chi connectivity index (χ4v) is 2.46. The van der Waals surface area contributed by atoms with Crippen molar-refractivity contribution in [3.63, 3.8) is 0 Å². The van der Waals surface area contributed by atoms with Crippen molar-refractivity contribution in [1.82, 2.24) is 5.32 Å². The Kier molecular flexibility index (Phi) is 6.58. The number of nitrogens with one attached hydrogen (secondary N) is 1. The highest BCUT2D eigenvalue weighted by Crippen LogP contribution is 2.20. The Morgan fingerprint density at radius 2 is 2.00 bits per heavy atom. The zero-order valence-electron chi connectivity index (χ0n) is 11.1. The number of hydrogen-bond donors (Lipinski definition) is 1. The molecule has 1 aromatic rings. The second-order valence-corrected chi connectivity index (χ2v) is 6.08. The second kappa shape index (κ2) is 7.70. The summed E-state index contributed by atoms with van der Waals surface area (Å²) in [5, 5.41) is 3.75. The van der Waals surface area contributed by atoms with E-state index < -0.39 is 0 Å². The number of halogens is 1. The average molecular weight is 286 g/mol. The van der Waals surface area contributed by atoms with Crippen LogP contribution in [0.5, 0.6) is 0 Å². The Balaban J connectivity index is 2.30. The maximum Gasteiger partial charge on any atom is 0.230 e. The van der Waals surface area contributed by atoms with Crippen LogP contribution >= 0.6 is 23.4 Å². The summed E-state index contributed by atoms with van der Waals surface area (Å²) in [6, 6.07) is 7.96. The van der Waals surface area contributed by atoms with Gasteiger partial charge in [-0.2, -0.15) is 0 Å². The van der Waals surface area contributed by atoms with Gasteiger partial charge in [-0.1, -0.05) is 43.6 Å². The van der Waals surface area contributed by atoms with Gasteiger partial charge in [-0.25, -0.2) is 0 Å². The van der Waals surface area contributed by atoms with E-state index in [2.05, 4.69) is 19.2 Å². The summed E-state index contributed by atoms with van der Waals surface area (Å²) < 4.78 is 0. The number of carbonyl (C=O) groups is 1. The Hall–Kier alpha value is -0.670. The SMILES string of the molecule is CC(C)C(C)NC(=O)CSCc1ccccc1Cl. The average Bonchev–Trinajstić information content (AvgIpc) is 2.31. The second-order valence-electron chi connectivity index (χ2n) is 4.68. The molecule has 2 nitrogen and oxygen atoms in total. The number of amides is 1. The molecule has 0 aliphatic heterocycles. The van der Waals surface area contributed by atoms with Crippen LogP contribution in [0.3, 0.4) is 0 Å². The highest BCUT2D eigenvalue weighted by Gasteiger charge is 2.10. The molecule has 1 rings (SSSR count). The molecule has 1 N–H and O–H groups in total. The van der Waals surface area contributed by atoms with Crippen molar-refractivity contribution < 1.29 is 4.79 Å². The van der Waals surface area contributed by atoms with E-state index in [1.54, 1.807) is 11.8 Å². The highest BCUT2D eigenvalue weighted by molar-refractivity contribution is 7.99. The van der Waals surface area contributed by atoms with E-state index in [0.717, 1.165) is 16.3 Å². The van der Waals surface area contributed by atoms with Crippen LogP contribution in [0.15, 0.2) is 24.3 Å². The Labute approximate surface area is 118 Å². The monoisotopic (exact) mass is 285 g/mol. The van der Waals surface area contributed by atoms with Gasteiger partial charge in [0.15, 0.2) is 0 Å². The molecule has 1 unspecified atom stereocenters. The van der Waals surface area contributed by atoms with Crippen LogP contribution in [0.2, 0.25) is 5.02 Å². The van der Waals surface area contributed by atoms with Gasteiger partial charge < -0.3 is 5.32 Å². The van der Waals surface area contributed by atoms with Gasteiger partial charge in [0.25, 0.3) is 0 Å². The van der Waals surface area contributed by atoms with Crippen molar-refractivity contribution in [3.8, 4) is 0 Å². The molecule has 0 bridgehead atoms. The molecule has 1 aromatic carbocycles. The first-order chi connectivity index (χ1) is 8.50. The molecule has 4 heteroatoms. The third kappa shape index (κ3) is 5.32. The van der Waals surface area contributed by atoms with E-state index >= 15 is 0 Å². The molecule has 0 aromatic heterocycles. The Bertz CT molecular complexity index is 395. The molecular weight excluding hydrogens is 266 g/mol. The number of thioether (sulfide) groups is 1. The first-order valence-electron chi connectivity index (χ1n) is 6.11. The highest BCUT2D eigenvalue weighted by atomic mass is 35.5. The van der Waals surface area contributed by atoms with Crippen molar-refractivity contribution in [1.29, 1.82) is 0 Å². The zero-order valence-corrected chi connectivity index (χ0v) is 12.6. The summed E-state index contributed by atoms with van der Waals surface area (Å²) in [5.74, 6) is 1.79. The van der Waals surface area contributed by atoms with E-state index in [4.69, 9.17) is 11.6 Å². The Morgan fingerprint density at radius 3 is 2.61 bits per heavy atom. The van der Waals surface area contributed by atoms with Crippen LogP contribution in [0.1, 0.15) is 26.3 Å². The molecule has 0 spiro atoms. The van der Waals surface area contributed by atoms with Gasteiger partial charge in [-0.15, -0.1) is 11.8 Å². The number of rotatable bonds is 6. The molecule has 100 valence electrons. The molecule has 18 heavy (non-hydrogen) atoms. The van der Waals surface area contributed by atoms with Gasteiger partial charge in [0.1, 0.15) is 0 Å². The standard InChI is InChI=1S/C14H20ClNOS/c1-10(2)11(3)16-14(17)9-18-8-12-6-4-5-7-13(12)15/h4-7,10-11H,8-9H2,1-3H3,(H,16,17). The molecular formula is C14H20ClNOS. The maximum atomic E-state index is 11.7. The van der Waals surface area contributed by atoms with Gasteiger partial charge in [-0.3, -0.25) is 4.79 Å². The van der Waals surface area contributed by atoms with Crippen LogP contribution in [-0.4, -0.2) is 17.7 Å². The topological polar surface area (TPSA) is 29.1 Å². The minimum absolute atomic E-state index is 0.0910. The van der Waals surface area contributed by atoms with E-state index in [1.807, 2.05) is 31.2 Å². The molecule has 1 atom stereocenters.